The summed E-state index contributed by atoms with van der Waals surface area (Å²) >= 11 is 0. The maximum atomic E-state index is 11.9. The summed E-state index contributed by atoms with van der Waals surface area (Å²) in [4.78, 5) is 18.5. The van der Waals surface area contributed by atoms with E-state index in [1.807, 2.05) is 6.92 Å². The molecule has 4 rings (SSSR count). The number of aryl methyl sites for hydroxylation is 3. The minimum atomic E-state index is -0.207. The lowest BCUT2D eigenvalue weighted by Gasteiger charge is -2.41. The highest BCUT2D eigenvalue weighted by Crippen LogP contribution is 2.46. The number of hydrogen-bond acceptors (Lipinski definition) is 3. The zero-order chi connectivity index (χ0) is 25.3. The molecule has 35 heavy (non-hydrogen) atoms. The van der Waals surface area contributed by atoms with E-state index in [0.29, 0.717) is 12.3 Å². The minimum Gasteiger partial charge on any atom is -0.300 e. The number of allylic oxidation sites excluding steroid dienone is 4. The van der Waals surface area contributed by atoms with Crippen molar-refractivity contribution in [2.45, 2.75) is 79.9 Å². The third kappa shape index (κ3) is 5.36. The molecule has 0 radical (unpaired) electrons. The molecular formula is C32H39NO2. The fraction of sp³-hybridized carbons (Fsp3) is 0.406. The van der Waals surface area contributed by atoms with Crippen molar-refractivity contribution in [2.24, 2.45) is 5.92 Å². The summed E-state index contributed by atoms with van der Waals surface area (Å²) in [6.07, 6.45) is 9.02. The third-order valence-electron chi connectivity index (χ3n) is 7.11. The van der Waals surface area contributed by atoms with Gasteiger partial charge in [-0.3, -0.25) is 9.63 Å². The lowest BCUT2D eigenvalue weighted by atomic mass is 9.80. The molecule has 2 aromatic rings. The van der Waals surface area contributed by atoms with Gasteiger partial charge in [-0.2, -0.15) is 0 Å². The summed E-state index contributed by atoms with van der Waals surface area (Å²) in [5.74, 6) is 0.604. The zero-order valence-electron chi connectivity index (χ0n) is 22.3. The average molecular weight is 470 g/mol. The SMILES string of the molecule is CCc1c(C)cc(C)cc1C1C=C(c2ccc(C)cc2)C2=C(C=CC(C)C2)N1OC(C)CC(C)=O. The van der Waals surface area contributed by atoms with Crippen LogP contribution in [0.5, 0.6) is 0 Å². The Kier molecular flexibility index (Phi) is 7.47. The van der Waals surface area contributed by atoms with E-state index in [-0.39, 0.29) is 17.9 Å². The highest BCUT2D eigenvalue weighted by molar-refractivity contribution is 5.83. The molecule has 0 fully saturated rings. The van der Waals surface area contributed by atoms with Crippen molar-refractivity contribution >= 4 is 11.4 Å². The van der Waals surface area contributed by atoms with Crippen LogP contribution in [0.2, 0.25) is 0 Å². The van der Waals surface area contributed by atoms with Gasteiger partial charge in [-0.05, 0) is 98.9 Å². The van der Waals surface area contributed by atoms with Gasteiger partial charge in [-0.25, -0.2) is 5.06 Å². The van der Waals surface area contributed by atoms with Crippen molar-refractivity contribution < 1.29 is 9.63 Å². The van der Waals surface area contributed by atoms with Gasteiger partial charge in [-0.1, -0.05) is 67.4 Å². The summed E-state index contributed by atoms with van der Waals surface area (Å²) in [6.45, 7) is 14.6. The number of benzene rings is 2. The lowest BCUT2D eigenvalue weighted by molar-refractivity contribution is -0.186. The van der Waals surface area contributed by atoms with Gasteiger partial charge in [0.05, 0.1) is 11.8 Å². The monoisotopic (exact) mass is 469 g/mol. The first-order chi connectivity index (χ1) is 16.7. The maximum Gasteiger partial charge on any atom is 0.132 e. The number of carbonyl (C=O) groups excluding carboxylic acids is 1. The molecule has 3 nitrogen and oxygen atoms in total. The van der Waals surface area contributed by atoms with Crippen molar-refractivity contribution in [1.82, 2.24) is 5.06 Å². The second-order valence-electron chi connectivity index (χ2n) is 10.4. The van der Waals surface area contributed by atoms with Crippen molar-refractivity contribution in [3.8, 4) is 0 Å². The molecule has 0 saturated carbocycles. The molecule has 3 heteroatoms. The van der Waals surface area contributed by atoms with Gasteiger partial charge in [0.25, 0.3) is 0 Å². The molecule has 3 atom stereocenters. The van der Waals surface area contributed by atoms with E-state index in [9.17, 15) is 4.79 Å². The van der Waals surface area contributed by atoms with Gasteiger partial charge < -0.3 is 0 Å². The van der Waals surface area contributed by atoms with Gasteiger partial charge in [0.2, 0.25) is 0 Å². The van der Waals surface area contributed by atoms with Crippen molar-refractivity contribution in [3.63, 3.8) is 0 Å². The van der Waals surface area contributed by atoms with Crippen molar-refractivity contribution in [1.29, 1.82) is 0 Å². The van der Waals surface area contributed by atoms with E-state index in [1.54, 1.807) is 6.92 Å². The van der Waals surface area contributed by atoms with Gasteiger partial charge in [0.15, 0.2) is 0 Å². The number of hydrogen-bond donors (Lipinski definition) is 0. The summed E-state index contributed by atoms with van der Waals surface area (Å²) in [5.41, 5.74) is 11.4. The van der Waals surface area contributed by atoms with Crippen LogP contribution in [-0.2, 0) is 16.1 Å². The molecule has 3 unspecified atom stereocenters. The van der Waals surface area contributed by atoms with E-state index < -0.39 is 0 Å². The van der Waals surface area contributed by atoms with Gasteiger partial charge in [0, 0.05) is 6.42 Å². The number of Topliss-reactive ketones (excluding diaryl/α,β-unsaturated/α-hetero) is 1. The summed E-state index contributed by atoms with van der Waals surface area (Å²) in [5, 5.41) is 2.09. The van der Waals surface area contributed by atoms with Crippen LogP contribution in [0, 0.1) is 26.7 Å². The van der Waals surface area contributed by atoms with Gasteiger partial charge in [0.1, 0.15) is 11.8 Å². The Bertz CT molecular complexity index is 1200. The van der Waals surface area contributed by atoms with E-state index in [1.165, 1.54) is 44.5 Å². The molecule has 2 aliphatic rings. The molecule has 0 N–H and O–H groups in total. The fourth-order valence-electron chi connectivity index (χ4n) is 5.54. The number of nitrogens with zero attached hydrogens (tertiary/aromatic N) is 1. The Morgan fingerprint density at radius 2 is 1.83 bits per heavy atom. The second kappa shape index (κ2) is 10.4. The van der Waals surface area contributed by atoms with Crippen molar-refractivity contribution in [2.75, 3.05) is 0 Å². The van der Waals surface area contributed by atoms with E-state index >= 15 is 0 Å². The first kappa shape index (κ1) is 25.2. The second-order valence-corrected chi connectivity index (χ2v) is 10.4. The average Bonchev–Trinajstić information content (AvgIpc) is 2.79. The van der Waals surface area contributed by atoms with E-state index in [0.717, 1.165) is 18.5 Å². The standard InChI is InChI=1S/C32H39NO2/c1-8-27-23(5)15-22(4)17-29(27)32-19-28(26-12-9-20(2)10-13-26)30-16-21(3)11-14-31(30)33(32)35-25(7)18-24(6)34/h9-15,17,19,21,25,32H,8,16,18H2,1-7H3. The molecule has 1 aliphatic carbocycles. The van der Waals surface area contributed by atoms with E-state index in [2.05, 4.69) is 94.3 Å². The minimum absolute atomic E-state index is 0.0777. The van der Waals surface area contributed by atoms with Crippen LogP contribution in [0.4, 0.5) is 0 Å². The van der Waals surface area contributed by atoms with Gasteiger partial charge >= 0.3 is 0 Å². The Morgan fingerprint density at radius 1 is 1.11 bits per heavy atom. The van der Waals surface area contributed by atoms with Crippen LogP contribution in [0.25, 0.3) is 5.57 Å². The number of rotatable bonds is 7. The molecule has 1 heterocycles. The molecule has 0 saturated heterocycles. The predicted octanol–water partition coefficient (Wildman–Crippen LogP) is 7.76. The number of carbonyl (C=O) groups is 1. The third-order valence-corrected chi connectivity index (χ3v) is 7.11. The number of ketones is 1. The smallest absolute Gasteiger partial charge is 0.132 e. The van der Waals surface area contributed by atoms with Crippen LogP contribution >= 0.6 is 0 Å². The maximum absolute atomic E-state index is 11.9. The molecule has 1 aliphatic heterocycles. The molecule has 0 amide bonds. The van der Waals surface area contributed by atoms with Crippen molar-refractivity contribution in [3.05, 3.63) is 99.3 Å². The zero-order valence-corrected chi connectivity index (χ0v) is 22.3. The molecular weight excluding hydrogens is 430 g/mol. The van der Waals surface area contributed by atoms with Crippen LogP contribution < -0.4 is 0 Å². The Balaban J connectivity index is 1.92. The van der Waals surface area contributed by atoms with Crippen LogP contribution in [0.15, 0.2) is 65.9 Å². The Hall–Kier alpha value is -2.91. The quantitative estimate of drug-likeness (QED) is 0.415. The summed E-state index contributed by atoms with van der Waals surface area (Å²) in [6, 6.07) is 13.4. The van der Waals surface area contributed by atoms with Crippen LogP contribution in [0.1, 0.15) is 80.0 Å². The summed E-state index contributed by atoms with van der Waals surface area (Å²) in [7, 11) is 0. The first-order valence-electron chi connectivity index (χ1n) is 12.9. The largest absolute Gasteiger partial charge is 0.300 e. The first-order valence-corrected chi connectivity index (χ1v) is 12.9. The molecule has 184 valence electrons. The fourth-order valence-corrected chi connectivity index (χ4v) is 5.54. The van der Waals surface area contributed by atoms with Crippen LogP contribution in [-0.4, -0.2) is 17.0 Å². The number of hydroxylamine groups is 2. The van der Waals surface area contributed by atoms with E-state index in [4.69, 9.17) is 4.84 Å². The lowest BCUT2D eigenvalue weighted by Crippen LogP contribution is -2.36. The molecule has 0 bridgehead atoms. The summed E-state index contributed by atoms with van der Waals surface area (Å²) < 4.78 is 0. The van der Waals surface area contributed by atoms with Crippen LogP contribution in [0.3, 0.4) is 0 Å². The molecule has 0 spiro atoms. The highest BCUT2D eigenvalue weighted by atomic mass is 16.7. The normalized spacial score (nSPS) is 20.5. The molecule has 2 aromatic carbocycles. The predicted molar refractivity (Wildman–Crippen MR) is 145 cm³/mol. The Labute approximate surface area is 211 Å². The highest BCUT2D eigenvalue weighted by Gasteiger charge is 2.34. The Morgan fingerprint density at radius 3 is 2.49 bits per heavy atom. The molecule has 0 aromatic heterocycles. The topological polar surface area (TPSA) is 29.5 Å². The van der Waals surface area contributed by atoms with Gasteiger partial charge in [-0.15, -0.1) is 0 Å².